The van der Waals surface area contributed by atoms with Crippen molar-refractivity contribution in [3.63, 3.8) is 0 Å². The predicted octanol–water partition coefficient (Wildman–Crippen LogP) is 6.89. The Labute approximate surface area is 272 Å². The van der Waals surface area contributed by atoms with Crippen LogP contribution in [-0.4, -0.2) is 54.9 Å². The number of carbonyl (C=O) groups excluding carboxylic acids is 2. The van der Waals surface area contributed by atoms with E-state index in [-0.39, 0.29) is 22.2 Å². The van der Waals surface area contributed by atoms with Crippen LogP contribution in [0.4, 0.5) is 11.5 Å². The van der Waals surface area contributed by atoms with E-state index in [0.717, 1.165) is 91.1 Å². The Morgan fingerprint density at radius 3 is 2.40 bits per heavy atom. The van der Waals surface area contributed by atoms with E-state index in [2.05, 4.69) is 26.5 Å². The maximum Gasteiger partial charge on any atom is 0.285 e. The summed E-state index contributed by atoms with van der Waals surface area (Å²) < 4.78 is 8.06. The first-order chi connectivity index (χ1) is 22.9. The highest BCUT2D eigenvalue weighted by molar-refractivity contribution is 6.20. The molecule has 4 heterocycles. The van der Waals surface area contributed by atoms with Crippen molar-refractivity contribution in [2.75, 3.05) is 23.7 Å². The van der Waals surface area contributed by atoms with Crippen LogP contribution in [0.15, 0.2) is 79.1 Å². The van der Waals surface area contributed by atoms with E-state index in [4.69, 9.17) is 15.6 Å². The molecule has 11 nitrogen and oxygen atoms in total. The first-order valence-electron chi connectivity index (χ1n) is 16.2. The molecule has 2 aromatic heterocycles. The molecule has 11 heteroatoms. The average Bonchev–Trinajstić information content (AvgIpc) is 3.56. The number of imide groups is 1. The molecule has 0 spiro atoms. The van der Waals surface area contributed by atoms with Crippen molar-refractivity contribution < 1.29 is 19.5 Å². The molecule has 1 unspecified atom stereocenters. The zero-order valence-corrected chi connectivity index (χ0v) is 26.2. The standard InChI is InChI=1S/C36H37N7O4/c1-2-3-9-25(10-7-8-23-20-41(21-23)26-15-18-29-30(19-26)36(45)43(46)35(29)44)42-34-31(33(37)38-22-39-34)32(40-42)24-13-16-28(17-14-24)47-27-11-5-4-6-12-27/h4-6,11-19,22-23,25,46H,2-3,7-10,20-21H2,1H3,(H2,37,38,39). The number of nitrogens with zero attached hydrogens (tertiary/aromatic N) is 6. The number of anilines is 2. The van der Waals surface area contributed by atoms with Gasteiger partial charge in [-0.2, -0.15) is 5.10 Å². The number of para-hydroxylation sites is 1. The minimum absolute atomic E-state index is 0.166. The molecule has 1 saturated heterocycles. The lowest BCUT2D eigenvalue weighted by molar-refractivity contribution is -0.0327. The topological polar surface area (TPSA) is 140 Å². The summed E-state index contributed by atoms with van der Waals surface area (Å²) in [6.07, 6.45) is 7.73. The number of hydroxylamine groups is 2. The van der Waals surface area contributed by atoms with Crippen molar-refractivity contribution in [1.82, 2.24) is 24.8 Å². The number of benzene rings is 3. The molecule has 2 aliphatic rings. The number of rotatable bonds is 12. The van der Waals surface area contributed by atoms with Crippen LogP contribution in [0.3, 0.4) is 0 Å². The number of fused-ring (bicyclic) bond motifs is 2. The summed E-state index contributed by atoms with van der Waals surface area (Å²) in [6, 6.07) is 22.9. The quantitative estimate of drug-likeness (QED) is 0.111. The van der Waals surface area contributed by atoms with Gasteiger partial charge in [-0.05, 0) is 79.8 Å². The highest BCUT2D eigenvalue weighted by Gasteiger charge is 2.36. The second-order valence-corrected chi connectivity index (χ2v) is 12.3. The fourth-order valence-corrected chi connectivity index (χ4v) is 6.60. The Morgan fingerprint density at radius 2 is 1.64 bits per heavy atom. The average molecular weight is 632 g/mol. The van der Waals surface area contributed by atoms with Gasteiger partial charge in [0.05, 0.1) is 22.6 Å². The van der Waals surface area contributed by atoms with Crippen molar-refractivity contribution in [3.05, 3.63) is 90.3 Å². The number of unbranched alkanes of at least 4 members (excludes halogenated alkanes) is 1. The molecule has 2 amide bonds. The van der Waals surface area contributed by atoms with Gasteiger partial charge in [0.2, 0.25) is 0 Å². The van der Waals surface area contributed by atoms with Crippen LogP contribution in [-0.2, 0) is 0 Å². The van der Waals surface area contributed by atoms with Gasteiger partial charge < -0.3 is 15.4 Å². The monoisotopic (exact) mass is 631 g/mol. The second kappa shape index (κ2) is 12.8. The highest BCUT2D eigenvalue weighted by atomic mass is 16.5. The maximum absolute atomic E-state index is 12.2. The van der Waals surface area contributed by atoms with Crippen LogP contribution in [0.2, 0.25) is 0 Å². The third-order valence-corrected chi connectivity index (χ3v) is 9.18. The van der Waals surface area contributed by atoms with Gasteiger partial charge in [-0.15, -0.1) is 5.06 Å². The minimum atomic E-state index is -0.673. The lowest BCUT2D eigenvalue weighted by Crippen LogP contribution is -2.46. The summed E-state index contributed by atoms with van der Waals surface area (Å²) in [4.78, 5) is 35.4. The Hall–Kier alpha value is -5.29. The van der Waals surface area contributed by atoms with Crippen molar-refractivity contribution in [1.29, 1.82) is 0 Å². The van der Waals surface area contributed by atoms with E-state index in [1.165, 1.54) is 6.33 Å². The van der Waals surface area contributed by atoms with E-state index in [9.17, 15) is 14.8 Å². The van der Waals surface area contributed by atoms with Crippen molar-refractivity contribution >= 4 is 34.4 Å². The molecule has 1 atom stereocenters. The number of hydrogen-bond donors (Lipinski definition) is 2. The fraction of sp³-hybridized carbons (Fsp3) is 0.306. The third-order valence-electron chi connectivity index (χ3n) is 9.18. The van der Waals surface area contributed by atoms with Gasteiger partial charge in [0, 0.05) is 24.3 Å². The van der Waals surface area contributed by atoms with E-state index in [1.54, 1.807) is 12.1 Å². The number of nitrogen functional groups attached to an aromatic ring is 1. The van der Waals surface area contributed by atoms with E-state index in [1.807, 2.05) is 60.7 Å². The molecule has 240 valence electrons. The third kappa shape index (κ3) is 5.90. The first kappa shape index (κ1) is 30.4. The Kier molecular flexibility index (Phi) is 8.30. The summed E-state index contributed by atoms with van der Waals surface area (Å²) in [5.41, 5.74) is 10.3. The maximum atomic E-state index is 12.2. The molecule has 0 bridgehead atoms. The number of ether oxygens (including phenoxy) is 1. The summed E-state index contributed by atoms with van der Waals surface area (Å²) in [5.74, 6) is 1.11. The van der Waals surface area contributed by atoms with Gasteiger partial charge >= 0.3 is 0 Å². The smallest absolute Gasteiger partial charge is 0.285 e. The van der Waals surface area contributed by atoms with Gasteiger partial charge in [0.25, 0.3) is 11.8 Å². The molecule has 0 saturated carbocycles. The lowest BCUT2D eigenvalue weighted by atomic mass is 9.91. The minimum Gasteiger partial charge on any atom is -0.457 e. The molecule has 3 aromatic carbocycles. The predicted molar refractivity (Wildman–Crippen MR) is 179 cm³/mol. The summed E-state index contributed by atoms with van der Waals surface area (Å²) >= 11 is 0. The number of aromatic nitrogens is 4. The molecule has 47 heavy (non-hydrogen) atoms. The van der Waals surface area contributed by atoms with Crippen LogP contribution in [0.25, 0.3) is 22.3 Å². The molecule has 0 radical (unpaired) electrons. The highest BCUT2D eigenvalue weighted by Crippen LogP contribution is 2.37. The largest absolute Gasteiger partial charge is 0.457 e. The van der Waals surface area contributed by atoms with Crippen LogP contribution in [0.1, 0.15) is 72.2 Å². The normalized spacial score (nSPS) is 15.3. The Balaban J connectivity index is 1.04. The van der Waals surface area contributed by atoms with Crippen LogP contribution >= 0.6 is 0 Å². The van der Waals surface area contributed by atoms with Crippen LogP contribution in [0, 0.1) is 5.92 Å². The van der Waals surface area contributed by atoms with E-state index < -0.39 is 11.8 Å². The summed E-state index contributed by atoms with van der Waals surface area (Å²) in [5, 5.41) is 15.8. The van der Waals surface area contributed by atoms with Gasteiger partial charge in [-0.1, -0.05) is 44.4 Å². The SMILES string of the molecule is CCCCC(CCCC1CN(c2ccc3c(c2)C(=O)N(O)C3=O)C1)n1nc(-c2ccc(Oc3ccccc3)cc2)c2c(N)ncnc21. The van der Waals surface area contributed by atoms with Gasteiger partial charge in [0.1, 0.15) is 29.3 Å². The zero-order valence-electron chi connectivity index (χ0n) is 26.2. The molecule has 7 rings (SSSR count). The molecule has 1 fully saturated rings. The van der Waals surface area contributed by atoms with E-state index in [0.29, 0.717) is 11.7 Å². The van der Waals surface area contributed by atoms with Gasteiger partial charge in [-0.25, -0.2) is 14.6 Å². The second-order valence-electron chi connectivity index (χ2n) is 12.3. The molecule has 2 aliphatic heterocycles. The van der Waals surface area contributed by atoms with E-state index >= 15 is 0 Å². The first-order valence-corrected chi connectivity index (χ1v) is 16.2. The van der Waals surface area contributed by atoms with Crippen molar-refractivity contribution in [3.8, 4) is 22.8 Å². The number of nitrogens with two attached hydrogens (primary N) is 1. The van der Waals surface area contributed by atoms with Gasteiger partial charge in [0.15, 0.2) is 5.65 Å². The summed E-state index contributed by atoms with van der Waals surface area (Å²) in [7, 11) is 0. The molecule has 0 aliphatic carbocycles. The zero-order chi connectivity index (χ0) is 32.5. The van der Waals surface area contributed by atoms with Crippen molar-refractivity contribution in [2.45, 2.75) is 51.5 Å². The molecular weight excluding hydrogens is 594 g/mol. The number of hydrogen-bond acceptors (Lipinski definition) is 9. The molecular formula is C36H37N7O4. The Morgan fingerprint density at radius 1 is 0.915 bits per heavy atom. The van der Waals surface area contributed by atoms with Crippen LogP contribution in [0.5, 0.6) is 11.5 Å². The van der Waals surface area contributed by atoms with Crippen LogP contribution < -0.4 is 15.4 Å². The lowest BCUT2D eigenvalue weighted by Gasteiger charge is -2.41. The Bertz CT molecular complexity index is 1920. The van der Waals surface area contributed by atoms with Crippen molar-refractivity contribution in [2.24, 2.45) is 5.92 Å². The number of carbonyl (C=O) groups is 2. The molecule has 3 N–H and O–H groups in total. The summed E-state index contributed by atoms with van der Waals surface area (Å²) in [6.45, 7) is 3.96. The van der Waals surface area contributed by atoms with Gasteiger partial charge in [-0.3, -0.25) is 14.8 Å². The fourth-order valence-electron chi connectivity index (χ4n) is 6.60. The number of amides is 2. The molecule has 5 aromatic rings.